The number of hydrogen-bond acceptors (Lipinski definition) is 4. The molecule has 0 N–H and O–H groups in total. The van der Waals surface area contributed by atoms with Crippen LogP contribution in [0.4, 0.5) is 5.69 Å². The summed E-state index contributed by atoms with van der Waals surface area (Å²) in [5, 5.41) is 0. The Kier molecular flexibility index (Phi) is 6.16. The van der Waals surface area contributed by atoms with Crippen molar-refractivity contribution >= 4 is 37.5 Å². The van der Waals surface area contributed by atoms with Gasteiger partial charge in [-0.3, -0.25) is 4.79 Å². The number of anilines is 1. The van der Waals surface area contributed by atoms with Crippen LogP contribution < -0.4 is 9.04 Å². The van der Waals surface area contributed by atoms with Gasteiger partial charge in [-0.25, -0.2) is 8.42 Å². The highest BCUT2D eigenvalue weighted by atomic mass is 79.9. The number of carbonyl (C=O) groups excluding carboxylic acids is 1. The molecule has 7 heteroatoms. The molecule has 0 aliphatic heterocycles. The summed E-state index contributed by atoms with van der Waals surface area (Å²) in [4.78, 5) is 13.2. The molecule has 0 aliphatic rings. The third-order valence-electron chi connectivity index (χ3n) is 3.93. The quantitative estimate of drug-likeness (QED) is 0.538. The van der Waals surface area contributed by atoms with Gasteiger partial charge in [-0.1, -0.05) is 58.4 Å². The lowest BCUT2D eigenvalue weighted by Crippen LogP contribution is -2.44. The largest absolute Gasteiger partial charge is 0.481 e. The molecule has 0 aromatic heterocycles. The first kappa shape index (κ1) is 20.1. The first-order valence-corrected chi connectivity index (χ1v) is 10.7. The van der Waals surface area contributed by atoms with Crippen molar-refractivity contribution in [2.75, 3.05) is 4.31 Å². The lowest BCUT2D eigenvalue weighted by Gasteiger charge is -2.26. The average Bonchev–Trinajstić information content (AvgIpc) is 2.69. The first-order valence-electron chi connectivity index (χ1n) is 8.51. The van der Waals surface area contributed by atoms with E-state index in [1.54, 1.807) is 66.7 Å². The zero-order valence-corrected chi connectivity index (χ0v) is 17.4. The molecule has 1 amide bonds. The molecule has 0 aliphatic carbocycles. The summed E-state index contributed by atoms with van der Waals surface area (Å²) in [7, 11) is -4.10. The number of nitrogens with zero attached hydrogens (tertiary/aromatic N) is 1. The van der Waals surface area contributed by atoms with Gasteiger partial charge in [0, 0.05) is 4.47 Å². The second-order valence-corrected chi connectivity index (χ2v) is 8.68. The summed E-state index contributed by atoms with van der Waals surface area (Å²) in [5.74, 6) is -0.227. The zero-order chi connectivity index (χ0) is 20.1. The fraction of sp³-hybridized carbons (Fsp3) is 0.0952. The maximum atomic E-state index is 13.2. The van der Waals surface area contributed by atoms with Crippen molar-refractivity contribution in [2.45, 2.75) is 17.9 Å². The summed E-state index contributed by atoms with van der Waals surface area (Å²) in [6.45, 7) is 1.53. The number of ether oxygens (including phenoxy) is 1. The molecule has 3 aromatic rings. The number of hydrogen-bond donors (Lipinski definition) is 0. The van der Waals surface area contributed by atoms with E-state index >= 15 is 0 Å². The Labute approximate surface area is 172 Å². The maximum absolute atomic E-state index is 13.2. The van der Waals surface area contributed by atoms with Crippen LogP contribution in [0.25, 0.3) is 0 Å². The fourth-order valence-corrected chi connectivity index (χ4v) is 4.48. The van der Waals surface area contributed by atoms with Crippen LogP contribution in [0.15, 0.2) is 94.3 Å². The summed E-state index contributed by atoms with van der Waals surface area (Å²) >= 11 is 3.35. The van der Waals surface area contributed by atoms with Crippen LogP contribution in [0.1, 0.15) is 6.92 Å². The van der Waals surface area contributed by atoms with Crippen molar-refractivity contribution in [3.05, 3.63) is 89.4 Å². The Balaban J connectivity index is 1.98. The second-order valence-electron chi connectivity index (χ2n) is 5.97. The van der Waals surface area contributed by atoms with Crippen molar-refractivity contribution in [2.24, 2.45) is 0 Å². The number of sulfonamides is 1. The Morgan fingerprint density at radius 2 is 1.54 bits per heavy atom. The van der Waals surface area contributed by atoms with Crippen LogP contribution in [0.3, 0.4) is 0 Å². The smallest absolute Gasteiger partial charge is 0.281 e. The predicted molar refractivity (Wildman–Crippen MR) is 112 cm³/mol. The van der Waals surface area contributed by atoms with Crippen LogP contribution in [-0.2, 0) is 14.8 Å². The van der Waals surface area contributed by atoms with E-state index in [0.717, 1.165) is 8.78 Å². The SMILES string of the molecule is CC(Oc1cccc(Br)c1)C(=O)N(c1ccccc1)S(=O)(=O)c1ccccc1. The van der Waals surface area contributed by atoms with Crippen LogP contribution in [0.5, 0.6) is 5.75 Å². The van der Waals surface area contributed by atoms with Crippen molar-refractivity contribution < 1.29 is 17.9 Å². The summed E-state index contributed by atoms with van der Waals surface area (Å²) in [6, 6.07) is 23.1. The molecule has 0 fully saturated rings. The van der Waals surface area contributed by atoms with Gasteiger partial charge in [-0.15, -0.1) is 0 Å². The van der Waals surface area contributed by atoms with E-state index in [2.05, 4.69) is 15.9 Å². The van der Waals surface area contributed by atoms with Gasteiger partial charge >= 0.3 is 0 Å². The number of amides is 1. The van der Waals surface area contributed by atoms with Gasteiger partial charge in [-0.05, 0) is 49.4 Å². The molecule has 1 atom stereocenters. The second kappa shape index (κ2) is 8.58. The number of benzene rings is 3. The summed E-state index contributed by atoms with van der Waals surface area (Å²) in [6.07, 6.45) is -1.02. The van der Waals surface area contributed by atoms with Gasteiger partial charge in [0.2, 0.25) is 0 Å². The number of para-hydroxylation sites is 1. The zero-order valence-electron chi connectivity index (χ0n) is 15.0. The van der Waals surface area contributed by atoms with Gasteiger partial charge in [0.1, 0.15) is 5.75 Å². The van der Waals surface area contributed by atoms with Gasteiger partial charge in [-0.2, -0.15) is 4.31 Å². The molecule has 0 heterocycles. The number of rotatable bonds is 6. The molecule has 0 bridgehead atoms. The standard InChI is InChI=1S/C21H18BrNO4S/c1-16(27-19-12-8-9-17(22)15-19)21(24)23(18-10-4-2-5-11-18)28(25,26)20-13-6-3-7-14-20/h2-16H,1H3. The highest BCUT2D eigenvalue weighted by Crippen LogP contribution is 2.26. The van der Waals surface area contributed by atoms with E-state index in [-0.39, 0.29) is 10.6 Å². The molecule has 3 rings (SSSR count). The minimum absolute atomic E-state index is 0.0295. The highest BCUT2D eigenvalue weighted by molar-refractivity contribution is 9.10. The van der Waals surface area contributed by atoms with Gasteiger partial charge in [0.05, 0.1) is 10.6 Å². The topological polar surface area (TPSA) is 63.7 Å². The predicted octanol–water partition coefficient (Wildman–Crippen LogP) is 4.64. The van der Waals surface area contributed by atoms with Gasteiger partial charge in [0.25, 0.3) is 15.9 Å². The molecule has 0 saturated heterocycles. The van der Waals surface area contributed by atoms with E-state index < -0.39 is 22.0 Å². The minimum Gasteiger partial charge on any atom is -0.481 e. The van der Waals surface area contributed by atoms with Crippen molar-refractivity contribution in [3.63, 3.8) is 0 Å². The Morgan fingerprint density at radius 3 is 2.14 bits per heavy atom. The molecule has 144 valence electrons. The Hall–Kier alpha value is -2.64. The average molecular weight is 460 g/mol. The van der Waals surface area contributed by atoms with E-state index in [0.29, 0.717) is 5.75 Å². The fourth-order valence-electron chi connectivity index (χ4n) is 2.61. The molecule has 28 heavy (non-hydrogen) atoms. The van der Waals surface area contributed by atoms with E-state index in [1.165, 1.54) is 19.1 Å². The minimum atomic E-state index is -4.10. The molecule has 0 saturated carbocycles. The van der Waals surface area contributed by atoms with E-state index in [1.807, 2.05) is 6.07 Å². The number of carbonyl (C=O) groups is 1. The van der Waals surface area contributed by atoms with Crippen LogP contribution in [-0.4, -0.2) is 20.4 Å². The highest BCUT2D eigenvalue weighted by Gasteiger charge is 2.34. The van der Waals surface area contributed by atoms with Gasteiger partial charge < -0.3 is 4.74 Å². The molecule has 0 radical (unpaired) electrons. The van der Waals surface area contributed by atoms with Crippen LogP contribution in [0.2, 0.25) is 0 Å². The maximum Gasteiger partial charge on any atom is 0.281 e. The van der Waals surface area contributed by atoms with Crippen LogP contribution >= 0.6 is 15.9 Å². The summed E-state index contributed by atoms with van der Waals surface area (Å²) < 4.78 is 33.7. The molecular weight excluding hydrogens is 442 g/mol. The first-order chi connectivity index (χ1) is 13.4. The molecular formula is C21H18BrNO4S. The van der Waals surface area contributed by atoms with Crippen molar-refractivity contribution in [1.82, 2.24) is 0 Å². The molecule has 3 aromatic carbocycles. The van der Waals surface area contributed by atoms with Gasteiger partial charge in [0.15, 0.2) is 6.10 Å². The molecule has 1 unspecified atom stereocenters. The third-order valence-corrected chi connectivity index (χ3v) is 6.16. The number of halogens is 1. The lowest BCUT2D eigenvalue weighted by molar-refractivity contribution is -0.123. The van der Waals surface area contributed by atoms with E-state index in [9.17, 15) is 13.2 Å². The Bertz CT molecular complexity index is 1060. The molecule has 0 spiro atoms. The normalized spacial score (nSPS) is 12.2. The van der Waals surface area contributed by atoms with Crippen molar-refractivity contribution in [3.8, 4) is 5.75 Å². The lowest BCUT2D eigenvalue weighted by atomic mass is 10.3. The molecule has 5 nitrogen and oxygen atoms in total. The third kappa shape index (κ3) is 4.43. The Morgan fingerprint density at radius 1 is 0.929 bits per heavy atom. The van der Waals surface area contributed by atoms with Crippen LogP contribution in [0, 0.1) is 0 Å². The van der Waals surface area contributed by atoms with Crippen molar-refractivity contribution in [1.29, 1.82) is 0 Å². The monoisotopic (exact) mass is 459 g/mol. The van der Waals surface area contributed by atoms with E-state index in [4.69, 9.17) is 4.74 Å². The summed E-state index contributed by atoms with van der Waals surface area (Å²) in [5.41, 5.74) is 0.251.